The van der Waals surface area contributed by atoms with Gasteiger partial charge in [0.05, 0.1) is 0 Å². The van der Waals surface area contributed by atoms with Crippen molar-refractivity contribution in [3.63, 3.8) is 0 Å². The summed E-state index contributed by atoms with van der Waals surface area (Å²) < 4.78 is 0. The smallest absolute Gasteiger partial charge is 0.0403 e. The standard InChI is InChI=1S/C33H40N4/c1-5-31(27-13-7-6-8-14-27)33(29-19-20-32(35)30(23-29)24-34)28-17-15-26(16-18-28)12-10-22-36-21-9-11-25(2)37(3)4/h6-9,11,13-20,23-24,34,36H,2,5,10,12,21-22,35H2,1,3-4H3/b11-9+,33-31+,34-24?. The molecule has 3 rings (SSSR count). The molecule has 0 spiro atoms. The molecule has 0 atom stereocenters. The first-order chi connectivity index (χ1) is 17.9. The van der Waals surface area contributed by atoms with Gasteiger partial charge in [-0.3, -0.25) is 0 Å². The Morgan fingerprint density at radius 1 is 0.973 bits per heavy atom. The van der Waals surface area contributed by atoms with Gasteiger partial charge in [-0.15, -0.1) is 0 Å². The van der Waals surface area contributed by atoms with E-state index >= 15 is 0 Å². The summed E-state index contributed by atoms with van der Waals surface area (Å²) in [6.07, 6.45) is 8.49. The quantitative estimate of drug-likeness (QED) is 0.0809. The van der Waals surface area contributed by atoms with Crippen LogP contribution in [0.15, 0.2) is 97.2 Å². The van der Waals surface area contributed by atoms with Crippen molar-refractivity contribution in [3.05, 3.63) is 125 Å². The van der Waals surface area contributed by atoms with E-state index < -0.39 is 0 Å². The number of aryl methyl sites for hydroxylation is 1. The highest BCUT2D eigenvalue weighted by atomic mass is 15.1. The first-order valence-corrected chi connectivity index (χ1v) is 13.0. The minimum atomic E-state index is 0.623. The molecule has 3 aromatic rings. The summed E-state index contributed by atoms with van der Waals surface area (Å²) in [5, 5.41) is 11.3. The highest BCUT2D eigenvalue weighted by molar-refractivity contribution is 6.00. The second-order valence-electron chi connectivity index (χ2n) is 9.35. The number of nitrogens with zero attached hydrogens (tertiary/aromatic N) is 1. The molecule has 37 heavy (non-hydrogen) atoms. The zero-order valence-electron chi connectivity index (χ0n) is 22.4. The third-order valence-electron chi connectivity index (χ3n) is 6.52. The molecule has 192 valence electrons. The molecule has 4 heteroatoms. The van der Waals surface area contributed by atoms with Gasteiger partial charge >= 0.3 is 0 Å². The Bertz CT molecular complexity index is 1240. The number of nitrogens with one attached hydrogen (secondary N) is 2. The lowest BCUT2D eigenvalue weighted by molar-refractivity contribution is 0.532. The number of rotatable bonds is 13. The molecule has 0 saturated heterocycles. The number of benzene rings is 3. The van der Waals surface area contributed by atoms with Gasteiger partial charge in [-0.1, -0.05) is 80.2 Å². The Hall–Kier alpha value is -3.89. The summed E-state index contributed by atoms with van der Waals surface area (Å²) in [7, 11) is 4.00. The van der Waals surface area contributed by atoms with Crippen molar-refractivity contribution in [3.8, 4) is 0 Å². The van der Waals surface area contributed by atoms with Gasteiger partial charge in [-0.25, -0.2) is 0 Å². The molecule has 0 fully saturated rings. The normalized spacial score (nSPS) is 11.9. The maximum absolute atomic E-state index is 7.79. The van der Waals surface area contributed by atoms with Gasteiger partial charge in [-0.2, -0.15) is 0 Å². The maximum Gasteiger partial charge on any atom is 0.0403 e. The van der Waals surface area contributed by atoms with Crippen LogP contribution in [0.25, 0.3) is 11.1 Å². The zero-order valence-corrected chi connectivity index (χ0v) is 22.4. The van der Waals surface area contributed by atoms with Gasteiger partial charge in [-0.05, 0) is 77.4 Å². The lowest BCUT2D eigenvalue weighted by Crippen LogP contribution is -2.16. The number of hydrogen-bond donors (Lipinski definition) is 3. The number of hydrogen-bond acceptors (Lipinski definition) is 4. The first kappa shape index (κ1) is 27.7. The molecule has 4 N–H and O–H groups in total. The van der Waals surface area contributed by atoms with Gasteiger partial charge in [0.2, 0.25) is 0 Å². The van der Waals surface area contributed by atoms with Gasteiger partial charge < -0.3 is 21.4 Å². The summed E-state index contributed by atoms with van der Waals surface area (Å²) >= 11 is 0. The Kier molecular flexibility index (Phi) is 10.5. The summed E-state index contributed by atoms with van der Waals surface area (Å²) in [6, 6.07) is 25.5. The molecular formula is C33H40N4. The fourth-order valence-corrected chi connectivity index (χ4v) is 4.32. The largest absolute Gasteiger partial charge is 0.398 e. The fraction of sp³-hybridized carbons (Fsp3) is 0.242. The number of anilines is 1. The zero-order chi connectivity index (χ0) is 26.6. The molecule has 0 aromatic heterocycles. The predicted octanol–water partition coefficient (Wildman–Crippen LogP) is 6.79. The lowest BCUT2D eigenvalue weighted by Gasteiger charge is -2.18. The average molecular weight is 493 g/mol. The van der Waals surface area contributed by atoms with E-state index in [4.69, 9.17) is 11.1 Å². The highest BCUT2D eigenvalue weighted by Gasteiger charge is 2.14. The van der Waals surface area contributed by atoms with Crippen molar-refractivity contribution in [2.45, 2.75) is 26.2 Å². The molecule has 3 aromatic carbocycles. The summed E-state index contributed by atoms with van der Waals surface area (Å²) in [6.45, 7) is 8.02. The second-order valence-corrected chi connectivity index (χ2v) is 9.35. The predicted molar refractivity (Wildman–Crippen MR) is 161 cm³/mol. The highest BCUT2D eigenvalue weighted by Crippen LogP contribution is 2.35. The number of allylic oxidation sites excluding steroid dienone is 2. The monoisotopic (exact) mass is 492 g/mol. The van der Waals surface area contributed by atoms with Crippen molar-refractivity contribution >= 4 is 23.0 Å². The Morgan fingerprint density at radius 2 is 1.68 bits per heavy atom. The van der Waals surface area contributed by atoms with Gasteiger partial charge in [0.25, 0.3) is 0 Å². The van der Waals surface area contributed by atoms with E-state index in [1.807, 2.05) is 43.3 Å². The maximum atomic E-state index is 7.79. The fourth-order valence-electron chi connectivity index (χ4n) is 4.32. The van der Waals surface area contributed by atoms with Crippen LogP contribution in [0.2, 0.25) is 0 Å². The van der Waals surface area contributed by atoms with Crippen LogP contribution in [-0.4, -0.2) is 38.3 Å². The number of nitrogen functional groups attached to an aromatic ring is 1. The van der Waals surface area contributed by atoms with E-state index in [9.17, 15) is 0 Å². The van der Waals surface area contributed by atoms with E-state index in [-0.39, 0.29) is 0 Å². The van der Waals surface area contributed by atoms with Crippen molar-refractivity contribution < 1.29 is 0 Å². The van der Waals surface area contributed by atoms with Crippen molar-refractivity contribution in [2.75, 3.05) is 32.9 Å². The Morgan fingerprint density at radius 3 is 2.32 bits per heavy atom. The van der Waals surface area contributed by atoms with E-state index in [0.29, 0.717) is 5.69 Å². The molecule has 0 unspecified atom stereocenters. The first-order valence-electron chi connectivity index (χ1n) is 13.0. The molecule has 0 amide bonds. The Balaban J connectivity index is 1.78. The van der Waals surface area contributed by atoms with Crippen LogP contribution in [0.1, 0.15) is 47.6 Å². The van der Waals surface area contributed by atoms with Crippen molar-refractivity contribution in [2.24, 2.45) is 0 Å². The van der Waals surface area contributed by atoms with Crippen LogP contribution in [0.3, 0.4) is 0 Å². The molecule has 0 radical (unpaired) electrons. The van der Waals surface area contributed by atoms with E-state index in [1.165, 1.54) is 34.1 Å². The molecule has 0 aliphatic carbocycles. The minimum absolute atomic E-state index is 0.623. The van der Waals surface area contributed by atoms with Crippen LogP contribution >= 0.6 is 0 Å². The summed E-state index contributed by atoms with van der Waals surface area (Å²) in [5.74, 6) is 0. The molecule has 0 heterocycles. The lowest BCUT2D eigenvalue weighted by atomic mass is 9.87. The van der Waals surface area contributed by atoms with Gasteiger partial charge in [0.15, 0.2) is 0 Å². The van der Waals surface area contributed by atoms with Crippen molar-refractivity contribution in [1.29, 1.82) is 5.41 Å². The van der Waals surface area contributed by atoms with E-state index in [0.717, 1.165) is 49.2 Å². The minimum Gasteiger partial charge on any atom is -0.398 e. The van der Waals surface area contributed by atoms with Crippen LogP contribution in [0.5, 0.6) is 0 Å². The third kappa shape index (κ3) is 7.80. The SMILES string of the molecule is C=C(/C=C/CNCCCc1ccc(/C(=C(/CC)c2ccccc2)c2ccc(N)c(C=N)c2)cc1)N(C)C. The van der Waals surface area contributed by atoms with Crippen LogP contribution < -0.4 is 11.1 Å². The van der Waals surface area contributed by atoms with E-state index in [2.05, 4.69) is 79.5 Å². The molecular weight excluding hydrogens is 452 g/mol. The van der Waals surface area contributed by atoms with E-state index in [1.54, 1.807) is 0 Å². The van der Waals surface area contributed by atoms with Gasteiger partial charge in [0, 0.05) is 43.8 Å². The van der Waals surface area contributed by atoms with Crippen LogP contribution in [0, 0.1) is 5.41 Å². The van der Waals surface area contributed by atoms with Crippen molar-refractivity contribution in [1.82, 2.24) is 10.2 Å². The number of nitrogens with two attached hydrogens (primary N) is 1. The summed E-state index contributed by atoms with van der Waals surface area (Å²) in [5.41, 5.74) is 15.7. The van der Waals surface area contributed by atoms with Crippen LogP contribution in [0.4, 0.5) is 5.69 Å². The molecule has 0 aliphatic rings. The molecule has 4 nitrogen and oxygen atoms in total. The van der Waals surface area contributed by atoms with Crippen LogP contribution in [-0.2, 0) is 6.42 Å². The topological polar surface area (TPSA) is 65.1 Å². The Labute approximate surface area is 222 Å². The third-order valence-corrected chi connectivity index (χ3v) is 6.52. The van der Waals surface area contributed by atoms with Gasteiger partial charge in [0.1, 0.15) is 0 Å². The molecule has 0 aliphatic heterocycles. The average Bonchev–Trinajstić information content (AvgIpc) is 2.92. The number of likely N-dealkylation sites (N-methyl/N-ethyl adjacent to an activating group) is 1. The second kappa shape index (κ2) is 14.0. The molecule has 0 bridgehead atoms. The summed E-state index contributed by atoms with van der Waals surface area (Å²) in [4.78, 5) is 2.00. The molecule has 0 saturated carbocycles.